The molecular weight excluding hydrogens is 272 g/mol. The fourth-order valence-electron chi connectivity index (χ4n) is 1.67. The van der Waals surface area contributed by atoms with Crippen LogP contribution in [0.3, 0.4) is 0 Å². The van der Waals surface area contributed by atoms with E-state index >= 15 is 0 Å². The predicted octanol–water partition coefficient (Wildman–Crippen LogP) is 1.70. The van der Waals surface area contributed by atoms with Crippen LogP contribution < -0.4 is 5.32 Å². The van der Waals surface area contributed by atoms with Gasteiger partial charge in [-0.15, -0.1) is 0 Å². The van der Waals surface area contributed by atoms with E-state index in [-0.39, 0.29) is 13.0 Å². The van der Waals surface area contributed by atoms with Gasteiger partial charge >= 0.3 is 6.09 Å². The SMILES string of the molecule is Cc1ccc(C(O)C(O)CCNC(=O)OC(C)(C)C)cn1. The number of carbonyl (C=O) groups is 1. The van der Waals surface area contributed by atoms with Crippen LogP contribution in [-0.4, -0.2) is 39.5 Å². The standard InChI is InChI=1S/C15H24N2O4/c1-10-5-6-11(9-17-10)13(19)12(18)7-8-16-14(20)21-15(2,3)4/h5-6,9,12-13,18-19H,7-8H2,1-4H3,(H,16,20). The van der Waals surface area contributed by atoms with Crippen LogP contribution in [0.4, 0.5) is 4.79 Å². The molecule has 0 fully saturated rings. The first-order chi connectivity index (χ1) is 9.69. The molecule has 3 N–H and O–H groups in total. The number of alkyl carbamates (subject to hydrolysis) is 1. The fourth-order valence-corrected chi connectivity index (χ4v) is 1.67. The third-order valence-corrected chi connectivity index (χ3v) is 2.75. The summed E-state index contributed by atoms with van der Waals surface area (Å²) in [7, 11) is 0. The molecule has 0 saturated heterocycles. The molecule has 21 heavy (non-hydrogen) atoms. The average Bonchev–Trinajstić information content (AvgIpc) is 2.36. The number of hydrogen-bond acceptors (Lipinski definition) is 5. The number of aliphatic hydroxyl groups excluding tert-OH is 2. The third-order valence-electron chi connectivity index (χ3n) is 2.75. The van der Waals surface area contributed by atoms with Crippen molar-refractivity contribution in [2.75, 3.05) is 6.54 Å². The van der Waals surface area contributed by atoms with Crippen LogP contribution in [0.2, 0.25) is 0 Å². The zero-order valence-electron chi connectivity index (χ0n) is 13.0. The number of pyridine rings is 1. The average molecular weight is 296 g/mol. The van der Waals surface area contributed by atoms with Gasteiger partial charge in [-0.1, -0.05) is 6.07 Å². The molecule has 6 heteroatoms. The number of amides is 1. The first kappa shape index (κ1) is 17.4. The molecule has 0 aliphatic carbocycles. The van der Waals surface area contributed by atoms with Crippen molar-refractivity contribution in [2.24, 2.45) is 0 Å². The molecule has 1 aromatic rings. The maximum absolute atomic E-state index is 11.4. The summed E-state index contributed by atoms with van der Waals surface area (Å²) < 4.78 is 5.07. The molecule has 0 spiro atoms. The van der Waals surface area contributed by atoms with Gasteiger partial charge in [0.05, 0.1) is 6.10 Å². The summed E-state index contributed by atoms with van der Waals surface area (Å²) in [5.41, 5.74) is 0.827. The number of aromatic nitrogens is 1. The number of carbonyl (C=O) groups excluding carboxylic acids is 1. The quantitative estimate of drug-likeness (QED) is 0.769. The molecule has 1 amide bonds. The van der Waals surface area contributed by atoms with Crippen molar-refractivity contribution in [3.8, 4) is 0 Å². The fraction of sp³-hybridized carbons (Fsp3) is 0.600. The lowest BCUT2D eigenvalue weighted by Gasteiger charge is -2.21. The maximum atomic E-state index is 11.4. The van der Waals surface area contributed by atoms with E-state index in [0.717, 1.165) is 5.69 Å². The van der Waals surface area contributed by atoms with E-state index < -0.39 is 23.9 Å². The van der Waals surface area contributed by atoms with E-state index in [9.17, 15) is 15.0 Å². The van der Waals surface area contributed by atoms with Gasteiger partial charge in [-0.3, -0.25) is 4.98 Å². The molecule has 0 radical (unpaired) electrons. The number of aliphatic hydroxyl groups is 2. The second kappa shape index (κ2) is 7.38. The van der Waals surface area contributed by atoms with Gasteiger partial charge in [-0.05, 0) is 40.2 Å². The largest absolute Gasteiger partial charge is 0.444 e. The number of rotatable bonds is 5. The Balaban J connectivity index is 2.38. The van der Waals surface area contributed by atoms with E-state index in [2.05, 4.69) is 10.3 Å². The van der Waals surface area contributed by atoms with Crippen LogP contribution in [0.5, 0.6) is 0 Å². The van der Waals surface area contributed by atoms with E-state index in [4.69, 9.17) is 4.74 Å². The van der Waals surface area contributed by atoms with Gasteiger partial charge in [0, 0.05) is 24.0 Å². The highest BCUT2D eigenvalue weighted by Crippen LogP contribution is 2.18. The highest BCUT2D eigenvalue weighted by Gasteiger charge is 2.20. The van der Waals surface area contributed by atoms with Crippen LogP contribution in [-0.2, 0) is 4.74 Å². The Morgan fingerprint density at radius 1 is 1.38 bits per heavy atom. The second-order valence-corrected chi connectivity index (χ2v) is 5.96. The van der Waals surface area contributed by atoms with Crippen LogP contribution in [0, 0.1) is 6.92 Å². The number of nitrogens with zero attached hydrogens (tertiary/aromatic N) is 1. The minimum absolute atomic E-state index is 0.215. The molecule has 6 nitrogen and oxygen atoms in total. The molecule has 0 aromatic carbocycles. The first-order valence-corrected chi connectivity index (χ1v) is 6.94. The van der Waals surface area contributed by atoms with E-state index in [1.54, 1.807) is 32.9 Å². The van der Waals surface area contributed by atoms with Gasteiger partial charge in [0.15, 0.2) is 0 Å². The Kier molecular flexibility index (Phi) is 6.11. The van der Waals surface area contributed by atoms with Gasteiger partial charge in [0.25, 0.3) is 0 Å². The smallest absolute Gasteiger partial charge is 0.407 e. The molecule has 2 unspecified atom stereocenters. The molecule has 2 atom stereocenters. The normalized spacial score (nSPS) is 14.4. The summed E-state index contributed by atoms with van der Waals surface area (Å²) in [6, 6.07) is 3.49. The third kappa shape index (κ3) is 6.55. The predicted molar refractivity (Wildman–Crippen MR) is 78.8 cm³/mol. The Bertz CT molecular complexity index is 454. The number of ether oxygens (including phenoxy) is 1. The molecule has 0 aliphatic heterocycles. The van der Waals surface area contributed by atoms with Gasteiger partial charge < -0.3 is 20.3 Å². The molecule has 1 heterocycles. The summed E-state index contributed by atoms with van der Waals surface area (Å²) in [6.07, 6.45) is -0.803. The van der Waals surface area contributed by atoms with Crippen molar-refractivity contribution in [1.82, 2.24) is 10.3 Å². The highest BCUT2D eigenvalue weighted by atomic mass is 16.6. The Morgan fingerprint density at radius 2 is 2.05 bits per heavy atom. The number of aryl methyl sites for hydroxylation is 1. The van der Waals surface area contributed by atoms with Crippen molar-refractivity contribution >= 4 is 6.09 Å². The second-order valence-electron chi connectivity index (χ2n) is 5.96. The van der Waals surface area contributed by atoms with E-state index in [1.807, 2.05) is 6.92 Å². The molecule has 0 bridgehead atoms. The minimum atomic E-state index is -1.03. The van der Waals surface area contributed by atoms with Crippen molar-refractivity contribution < 1.29 is 19.7 Å². The maximum Gasteiger partial charge on any atom is 0.407 e. The van der Waals surface area contributed by atoms with Crippen LogP contribution in [0.1, 0.15) is 44.6 Å². The topological polar surface area (TPSA) is 91.7 Å². The van der Waals surface area contributed by atoms with Crippen molar-refractivity contribution in [3.63, 3.8) is 0 Å². The van der Waals surface area contributed by atoms with Gasteiger partial charge in [0.2, 0.25) is 0 Å². The summed E-state index contributed by atoms with van der Waals surface area (Å²) in [4.78, 5) is 15.5. The molecular formula is C15H24N2O4. The minimum Gasteiger partial charge on any atom is -0.444 e. The summed E-state index contributed by atoms with van der Waals surface area (Å²) in [5.74, 6) is 0. The van der Waals surface area contributed by atoms with Crippen molar-refractivity contribution in [3.05, 3.63) is 29.6 Å². The molecule has 118 valence electrons. The number of hydrogen-bond donors (Lipinski definition) is 3. The monoisotopic (exact) mass is 296 g/mol. The lowest BCUT2D eigenvalue weighted by atomic mass is 10.0. The summed E-state index contributed by atoms with van der Waals surface area (Å²) in [6.45, 7) is 7.38. The van der Waals surface area contributed by atoms with Crippen LogP contribution in [0.25, 0.3) is 0 Å². The Morgan fingerprint density at radius 3 is 2.57 bits per heavy atom. The number of nitrogens with one attached hydrogen (secondary N) is 1. The zero-order valence-corrected chi connectivity index (χ0v) is 13.0. The van der Waals surface area contributed by atoms with Gasteiger partial charge in [0.1, 0.15) is 11.7 Å². The molecule has 0 saturated carbocycles. The van der Waals surface area contributed by atoms with Crippen LogP contribution >= 0.6 is 0 Å². The van der Waals surface area contributed by atoms with Gasteiger partial charge in [-0.2, -0.15) is 0 Å². The molecule has 0 aliphatic rings. The van der Waals surface area contributed by atoms with Gasteiger partial charge in [-0.25, -0.2) is 4.79 Å². The van der Waals surface area contributed by atoms with E-state index in [1.165, 1.54) is 6.20 Å². The zero-order chi connectivity index (χ0) is 16.0. The van der Waals surface area contributed by atoms with Crippen LogP contribution in [0.15, 0.2) is 18.3 Å². The molecule has 1 aromatic heterocycles. The lowest BCUT2D eigenvalue weighted by Crippen LogP contribution is -2.34. The summed E-state index contributed by atoms with van der Waals surface area (Å²) >= 11 is 0. The first-order valence-electron chi connectivity index (χ1n) is 6.94. The Labute approximate surface area is 125 Å². The van der Waals surface area contributed by atoms with Crippen molar-refractivity contribution in [1.29, 1.82) is 0 Å². The van der Waals surface area contributed by atoms with E-state index in [0.29, 0.717) is 5.56 Å². The summed E-state index contributed by atoms with van der Waals surface area (Å²) in [5, 5.41) is 22.5. The Hall–Kier alpha value is -1.66. The van der Waals surface area contributed by atoms with Crippen molar-refractivity contribution in [2.45, 2.75) is 51.9 Å². The lowest BCUT2D eigenvalue weighted by molar-refractivity contribution is 0.0121. The molecule has 1 rings (SSSR count). The highest BCUT2D eigenvalue weighted by molar-refractivity contribution is 5.67.